The number of phosphoric ester groups is 1. The van der Waals surface area contributed by atoms with Crippen LogP contribution in [-0.4, -0.2) is 42.2 Å². The van der Waals surface area contributed by atoms with E-state index in [0.29, 0.717) is 24.0 Å². The summed E-state index contributed by atoms with van der Waals surface area (Å²) in [6.45, 7) is 1.73. The zero-order valence-electron chi connectivity index (χ0n) is 18.9. The number of methoxy groups -OCH3 is 2. The van der Waals surface area contributed by atoms with Gasteiger partial charge in [-0.3, -0.25) is 14.1 Å². The van der Waals surface area contributed by atoms with Crippen molar-refractivity contribution in [2.24, 2.45) is 0 Å². The summed E-state index contributed by atoms with van der Waals surface area (Å²) in [5.74, 6) is -0.610. The molecule has 0 amide bonds. The molecule has 0 saturated heterocycles. The topological polar surface area (TPSA) is 119 Å². The van der Waals surface area contributed by atoms with E-state index in [2.05, 4.69) is 4.52 Å². The number of unbranched alkanes of at least 4 members (excludes halogenated alkanes) is 7. The molecule has 8 nitrogen and oxygen atoms in total. The van der Waals surface area contributed by atoms with Gasteiger partial charge in [0.2, 0.25) is 23.1 Å². The third kappa shape index (κ3) is 10.3. The normalized spacial score (nSPS) is 14.9. The molecule has 0 fully saturated rings. The summed E-state index contributed by atoms with van der Waals surface area (Å²) in [6, 6.07) is 0. The number of hydrogen-bond donors (Lipinski definition) is 2. The Labute approximate surface area is 216 Å². The third-order valence-electron chi connectivity index (χ3n) is 4.67. The van der Waals surface area contributed by atoms with Crippen LogP contribution in [0.5, 0.6) is 0 Å². The second kappa shape index (κ2) is 15.0. The van der Waals surface area contributed by atoms with Gasteiger partial charge in [0.25, 0.3) is 0 Å². The van der Waals surface area contributed by atoms with Crippen LogP contribution >= 0.6 is 7.82 Å². The molecular weight excluding hydrogens is 426 g/mol. The SMILES string of the molecule is COC1=C(OC)C(=O)C(CCCCCCCCCCOP(=O)(O)O)=C(C)C1=O.[H-].[K+]. The van der Waals surface area contributed by atoms with E-state index in [1.165, 1.54) is 14.2 Å². The predicted molar refractivity (Wildman–Crippen MR) is 104 cm³/mol. The van der Waals surface area contributed by atoms with Gasteiger partial charge in [-0.1, -0.05) is 38.5 Å². The fourth-order valence-electron chi connectivity index (χ4n) is 3.14. The number of rotatable bonds is 14. The second-order valence-electron chi connectivity index (χ2n) is 6.73. The molecule has 10 heteroatoms. The summed E-state index contributed by atoms with van der Waals surface area (Å²) in [7, 11) is -1.64. The monoisotopic (exact) mass is 458 g/mol. The van der Waals surface area contributed by atoms with Gasteiger partial charge in [-0.25, -0.2) is 4.57 Å². The number of phosphoric acid groups is 1. The van der Waals surface area contributed by atoms with E-state index in [9.17, 15) is 14.2 Å². The van der Waals surface area contributed by atoms with Crippen molar-refractivity contribution in [1.82, 2.24) is 0 Å². The molecule has 0 radical (unpaired) electrons. The molecule has 29 heavy (non-hydrogen) atoms. The summed E-state index contributed by atoms with van der Waals surface area (Å²) < 4.78 is 25.0. The molecule has 0 heterocycles. The van der Waals surface area contributed by atoms with E-state index < -0.39 is 7.82 Å². The molecule has 0 spiro atoms. The van der Waals surface area contributed by atoms with Crippen molar-refractivity contribution in [3.8, 4) is 0 Å². The van der Waals surface area contributed by atoms with Gasteiger partial charge in [0, 0.05) is 11.1 Å². The standard InChI is InChI=1S/C19H31O8P.K.H/c1-14-15(17(21)19(26-3)18(25-2)16(14)20)12-10-8-6-4-5-7-9-11-13-27-28(22,23)24;;/h4-13H2,1-3H3,(H2,22,23,24);;/q;+1;-1. The van der Waals surface area contributed by atoms with Crippen LogP contribution in [0.3, 0.4) is 0 Å². The molecule has 162 valence electrons. The Hall–Kier alpha value is 0.166. The van der Waals surface area contributed by atoms with Crippen LogP contribution in [0.25, 0.3) is 0 Å². The summed E-state index contributed by atoms with van der Waals surface area (Å²) in [5.41, 5.74) is 0.938. The molecule has 0 aromatic rings. The van der Waals surface area contributed by atoms with Gasteiger partial charge in [0.05, 0.1) is 20.8 Å². The van der Waals surface area contributed by atoms with Crippen molar-refractivity contribution in [2.75, 3.05) is 20.8 Å². The number of Topliss-reactive ketones (excluding diaryl/α,β-unsaturated/α-hetero) is 2. The first-order chi connectivity index (χ1) is 13.2. The van der Waals surface area contributed by atoms with Crippen molar-refractivity contribution in [2.45, 2.75) is 64.7 Å². The average molecular weight is 459 g/mol. The molecule has 0 aromatic heterocycles. The summed E-state index contributed by atoms with van der Waals surface area (Å²) >= 11 is 0. The number of carbonyl (C=O) groups is 2. The van der Waals surface area contributed by atoms with Crippen molar-refractivity contribution >= 4 is 19.4 Å². The molecule has 1 aliphatic carbocycles. The Bertz CT molecular complexity index is 671. The maximum atomic E-state index is 12.5. The van der Waals surface area contributed by atoms with E-state index in [1.807, 2.05) is 0 Å². The van der Waals surface area contributed by atoms with Crippen LogP contribution in [0, 0.1) is 0 Å². The van der Waals surface area contributed by atoms with Crippen LogP contribution < -0.4 is 51.4 Å². The first kappa shape index (κ1) is 29.2. The van der Waals surface area contributed by atoms with Crippen molar-refractivity contribution < 1.29 is 90.7 Å². The largest absolute Gasteiger partial charge is 1.00 e. The van der Waals surface area contributed by atoms with Gasteiger partial charge in [-0.05, 0) is 26.2 Å². The molecule has 0 saturated carbocycles. The van der Waals surface area contributed by atoms with Crippen molar-refractivity contribution in [1.29, 1.82) is 0 Å². The molecule has 0 unspecified atom stereocenters. The Morgan fingerprint density at radius 2 is 1.28 bits per heavy atom. The van der Waals surface area contributed by atoms with E-state index in [4.69, 9.17) is 19.3 Å². The van der Waals surface area contributed by atoms with Crippen LogP contribution in [-0.2, 0) is 28.2 Å². The fraction of sp³-hybridized carbons (Fsp3) is 0.684. The Morgan fingerprint density at radius 3 is 1.76 bits per heavy atom. The van der Waals surface area contributed by atoms with E-state index in [1.54, 1.807) is 6.92 Å². The van der Waals surface area contributed by atoms with Crippen LogP contribution in [0.2, 0.25) is 0 Å². The number of ketones is 2. The Morgan fingerprint density at radius 1 is 0.828 bits per heavy atom. The molecule has 1 rings (SSSR count). The second-order valence-corrected chi connectivity index (χ2v) is 7.97. The van der Waals surface area contributed by atoms with Gasteiger partial charge in [-0.15, -0.1) is 0 Å². The molecule has 2 N–H and O–H groups in total. The molecule has 0 aromatic carbocycles. The van der Waals surface area contributed by atoms with Gasteiger partial charge >= 0.3 is 59.2 Å². The minimum Gasteiger partial charge on any atom is -1.00 e. The average Bonchev–Trinajstić information content (AvgIpc) is 2.63. The van der Waals surface area contributed by atoms with Gasteiger partial charge < -0.3 is 20.7 Å². The van der Waals surface area contributed by atoms with Crippen LogP contribution in [0.4, 0.5) is 0 Å². The zero-order valence-corrected chi connectivity index (χ0v) is 21.9. The minimum absolute atomic E-state index is 0. The summed E-state index contributed by atoms with van der Waals surface area (Å²) in [6.07, 6.45) is 7.95. The first-order valence-electron chi connectivity index (χ1n) is 9.54. The number of hydrogen-bond acceptors (Lipinski definition) is 6. The zero-order chi connectivity index (χ0) is 21.2. The number of ether oxygens (including phenoxy) is 2. The van der Waals surface area contributed by atoms with E-state index >= 15 is 0 Å². The molecule has 0 atom stereocenters. The van der Waals surface area contributed by atoms with E-state index in [0.717, 1.165) is 44.9 Å². The maximum Gasteiger partial charge on any atom is 1.00 e. The number of allylic oxidation sites excluding steroid dienone is 2. The Balaban J connectivity index is 0. The minimum atomic E-state index is -4.34. The third-order valence-corrected chi connectivity index (χ3v) is 5.19. The summed E-state index contributed by atoms with van der Waals surface area (Å²) in [4.78, 5) is 41.9. The molecule has 0 aliphatic heterocycles. The van der Waals surface area contributed by atoms with Gasteiger partial charge in [0.15, 0.2) is 0 Å². The van der Waals surface area contributed by atoms with Gasteiger partial charge in [0.1, 0.15) is 0 Å². The van der Waals surface area contributed by atoms with Crippen LogP contribution in [0.15, 0.2) is 22.7 Å². The van der Waals surface area contributed by atoms with Crippen molar-refractivity contribution in [3.05, 3.63) is 22.7 Å². The van der Waals surface area contributed by atoms with Crippen molar-refractivity contribution in [3.63, 3.8) is 0 Å². The molecule has 1 aliphatic rings. The molecular formula is C19H32KO8P. The Kier molecular flexibility index (Phi) is 15.1. The quantitative estimate of drug-likeness (QED) is 0.169. The first-order valence-corrected chi connectivity index (χ1v) is 11.1. The van der Waals surface area contributed by atoms with Gasteiger partial charge in [-0.2, -0.15) is 0 Å². The smallest absolute Gasteiger partial charge is 1.00 e. The number of carbonyl (C=O) groups excluding carboxylic acids is 2. The predicted octanol–water partition coefficient (Wildman–Crippen LogP) is 0.696. The molecule has 0 bridgehead atoms. The maximum absolute atomic E-state index is 12.5. The summed E-state index contributed by atoms with van der Waals surface area (Å²) in [5, 5.41) is 0. The van der Waals surface area contributed by atoms with E-state index in [-0.39, 0.29) is 82.5 Å². The van der Waals surface area contributed by atoms with Crippen LogP contribution in [0.1, 0.15) is 66.1 Å². The fourth-order valence-corrected chi connectivity index (χ4v) is 3.51.